The summed E-state index contributed by atoms with van der Waals surface area (Å²) in [6.45, 7) is 2.46. The molecule has 0 aromatic heterocycles. The van der Waals surface area contributed by atoms with Crippen molar-refractivity contribution >= 4 is 23.6 Å². The fourth-order valence-corrected chi connectivity index (χ4v) is 3.55. The number of hydrogen-bond acceptors (Lipinski definition) is 4. The zero-order chi connectivity index (χ0) is 17.1. The Morgan fingerprint density at radius 1 is 1.21 bits per heavy atom. The van der Waals surface area contributed by atoms with Crippen molar-refractivity contribution in [2.45, 2.75) is 11.8 Å². The normalized spacial score (nSPS) is 15.3. The van der Waals surface area contributed by atoms with Gasteiger partial charge >= 0.3 is 0 Å². The summed E-state index contributed by atoms with van der Waals surface area (Å²) >= 11 is 1.54. The summed E-state index contributed by atoms with van der Waals surface area (Å²) in [6, 6.07) is 9.87. The predicted octanol–water partition coefficient (Wildman–Crippen LogP) is 4.61. The van der Waals surface area contributed by atoms with Gasteiger partial charge in [0.2, 0.25) is 0 Å². The number of ketones is 1. The fraction of sp³-hybridized carbons (Fsp3) is 0.211. The molecule has 2 aromatic rings. The van der Waals surface area contributed by atoms with E-state index in [2.05, 4.69) is 0 Å². The zero-order valence-electron chi connectivity index (χ0n) is 13.5. The molecule has 3 rings (SSSR count). The highest BCUT2D eigenvalue weighted by atomic mass is 32.2. The molecule has 0 bridgehead atoms. The summed E-state index contributed by atoms with van der Waals surface area (Å²) in [7, 11) is 1.58. The van der Waals surface area contributed by atoms with Gasteiger partial charge in [-0.25, -0.2) is 4.39 Å². The van der Waals surface area contributed by atoms with E-state index in [1.807, 2.05) is 31.2 Å². The van der Waals surface area contributed by atoms with Crippen LogP contribution in [-0.2, 0) is 0 Å². The van der Waals surface area contributed by atoms with Crippen molar-refractivity contribution in [2.24, 2.45) is 0 Å². The highest BCUT2D eigenvalue weighted by molar-refractivity contribution is 7.99. The van der Waals surface area contributed by atoms with Crippen LogP contribution < -0.4 is 9.47 Å². The molecule has 1 aliphatic heterocycles. The Kier molecular flexibility index (Phi) is 4.90. The molecule has 0 saturated heterocycles. The summed E-state index contributed by atoms with van der Waals surface area (Å²) in [5.41, 5.74) is 1.92. The molecule has 1 heterocycles. The van der Waals surface area contributed by atoms with Gasteiger partial charge in [-0.15, -0.1) is 11.8 Å². The Balaban J connectivity index is 1.93. The van der Waals surface area contributed by atoms with Crippen LogP contribution in [0.3, 0.4) is 0 Å². The minimum absolute atomic E-state index is 0.129. The van der Waals surface area contributed by atoms with Crippen LogP contribution in [0.2, 0.25) is 0 Å². The summed E-state index contributed by atoms with van der Waals surface area (Å²) in [4.78, 5) is 13.4. The minimum atomic E-state index is -0.397. The monoisotopic (exact) mass is 344 g/mol. The number of thioether (sulfide) groups is 1. The maximum Gasteiger partial charge on any atom is 0.191 e. The predicted molar refractivity (Wildman–Crippen MR) is 93.6 cm³/mol. The lowest BCUT2D eigenvalue weighted by Gasteiger charge is -2.17. The van der Waals surface area contributed by atoms with Crippen molar-refractivity contribution in [3.05, 3.63) is 58.9 Å². The summed E-state index contributed by atoms with van der Waals surface area (Å²) < 4.78 is 24.3. The van der Waals surface area contributed by atoms with Gasteiger partial charge < -0.3 is 9.47 Å². The van der Waals surface area contributed by atoms with Gasteiger partial charge in [0.25, 0.3) is 0 Å². The Morgan fingerprint density at radius 3 is 2.79 bits per heavy atom. The number of ether oxygens (including phenoxy) is 2. The molecular weight excluding hydrogens is 327 g/mol. The molecule has 0 saturated carbocycles. The molecule has 3 nitrogen and oxygen atoms in total. The van der Waals surface area contributed by atoms with Crippen LogP contribution in [0.5, 0.6) is 11.5 Å². The lowest BCUT2D eigenvalue weighted by molar-refractivity contribution is 0.103. The van der Waals surface area contributed by atoms with Gasteiger partial charge in [-0.1, -0.05) is 6.07 Å². The molecule has 2 aromatic carbocycles. The molecule has 0 aliphatic carbocycles. The van der Waals surface area contributed by atoms with Crippen LogP contribution in [0.25, 0.3) is 6.08 Å². The number of hydrogen-bond donors (Lipinski definition) is 0. The molecule has 0 atom stereocenters. The Bertz CT molecular complexity index is 814. The van der Waals surface area contributed by atoms with E-state index in [9.17, 15) is 9.18 Å². The van der Waals surface area contributed by atoms with Gasteiger partial charge in [0.05, 0.1) is 13.7 Å². The van der Waals surface area contributed by atoms with Gasteiger partial charge in [-0.3, -0.25) is 4.79 Å². The second-order valence-electron chi connectivity index (χ2n) is 5.27. The van der Waals surface area contributed by atoms with Crippen molar-refractivity contribution in [1.82, 2.24) is 0 Å². The molecule has 0 unspecified atom stereocenters. The van der Waals surface area contributed by atoms with Crippen molar-refractivity contribution in [1.29, 1.82) is 0 Å². The molecule has 124 valence electrons. The molecule has 0 N–H and O–H groups in total. The molecular formula is C19H17FO3S. The van der Waals surface area contributed by atoms with E-state index in [4.69, 9.17) is 9.47 Å². The lowest BCUT2D eigenvalue weighted by atomic mass is 10.0. The first-order valence-electron chi connectivity index (χ1n) is 7.61. The van der Waals surface area contributed by atoms with E-state index < -0.39 is 5.82 Å². The van der Waals surface area contributed by atoms with Crippen LogP contribution in [0, 0.1) is 5.82 Å². The Hall–Kier alpha value is -2.27. The van der Waals surface area contributed by atoms with E-state index >= 15 is 0 Å². The van der Waals surface area contributed by atoms with Crippen molar-refractivity contribution in [2.75, 3.05) is 19.5 Å². The maximum atomic E-state index is 13.4. The smallest absolute Gasteiger partial charge is 0.191 e. The van der Waals surface area contributed by atoms with Crippen molar-refractivity contribution < 1.29 is 18.7 Å². The lowest BCUT2D eigenvalue weighted by Crippen LogP contribution is -2.12. The van der Waals surface area contributed by atoms with Crippen LogP contribution in [0.15, 0.2) is 46.9 Å². The third-order valence-corrected chi connectivity index (χ3v) is 4.81. The molecule has 0 fully saturated rings. The van der Waals surface area contributed by atoms with Gasteiger partial charge in [-0.05, 0) is 48.9 Å². The standard InChI is InChI=1S/C19H17FO3S/c1-3-23-16-6-4-12(9-17(16)22-2)8-13-11-24-18-7-5-14(20)10-15(18)19(13)21/h4-10H,3,11H2,1-2H3/b13-8+. The first-order chi connectivity index (χ1) is 11.6. The highest BCUT2D eigenvalue weighted by Gasteiger charge is 2.23. The molecule has 0 amide bonds. The topological polar surface area (TPSA) is 35.5 Å². The third-order valence-electron chi connectivity index (χ3n) is 3.69. The largest absolute Gasteiger partial charge is 0.493 e. The molecule has 0 radical (unpaired) electrons. The fourth-order valence-electron chi connectivity index (χ4n) is 2.56. The number of carbonyl (C=O) groups excluding carboxylic acids is 1. The number of methoxy groups -OCH3 is 1. The van der Waals surface area contributed by atoms with E-state index in [1.165, 1.54) is 23.9 Å². The minimum Gasteiger partial charge on any atom is -0.493 e. The molecule has 0 spiro atoms. The maximum absolute atomic E-state index is 13.4. The Morgan fingerprint density at radius 2 is 2.04 bits per heavy atom. The first kappa shape index (κ1) is 16.6. The number of halogens is 1. The van der Waals surface area contributed by atoms with E-state index in [1.54, 1.807) is 13.2 Å². The quantitative estimate of drug-likeness (QED) is 0.759. The highest BCUT2D eigenvalue weighted by Crippen LogP contribution is 2.35. The number of Topliss-reactive ketones (excluding diaryl/α,β-unsaturated/α-hetero) is 1. The molecule has 5 heteroatoms. The van der Waals surface area contributed by atoms with Crippen molar-refractivity contribution in [3.8, 4) is 11.5 Å². The van der Waals surface area contributed by atoms with E-state index in [0.29, 0.717) is 35.0 Å². The number of carbonyl (C=O) groups is 1. The van der Waals surface area contributed by atoms with Crippen LogP contribution in [0.1, 0.15) is 22.8 Å². The van der Waals surface area contributed by atoms with Crippen LogP contribution in [0.4, 0.5) is 4.39 Å². The summed E-state index contributed by atoms with van der Waals surface area (Å²) in [5, 5.41) is 0. The van der Waals surface area contributed by atoms with Crippen LogP contribution in [-0.4, -0.2) is 25.3 Å². The second kappa shape index (κ2) is 7.09. The van der Waals surface area contributed by atoms with E-state index in [0.717, 1.165) is 10.5 Å². The van der Waals surface area contributed by atoms with Gasteiger partial charge in [0.1, 0.15) is 5.82 Å². The first-order valence-corrected chi connectivity index (χ1v) is 8.59. The number of benzene rings is 2. The third kappa shape index (κ3) is 3.31. The van der Waals surface area contributed by atoms with Crippen LogP contribution >= 0.6 is 11.8 Å². The zero-order valence-corrected chi connectivity index (χ0v) is 14.3. The summed E-state index contributed by atoms with van der Waals surface area (Å²) in [5.74, 6) is 1.32. The number of fused-ring (bicyclic) bond motifs is 1. The molecule has 24 heavy (non-hydrogen) atoms. The molecule has 1 aliphatic rings. The average molecular weight is 344 g/mol. The Labute approximate surface area is 144 Å². The SMILES string of the molecule is CCOc1ccc(/C=C2\CSc3ccc(F)cc3C2=O)cc1OC. The van der Waals surface area contributed by atoms with Gasteiger partial charge in [0, 0.05) is 21.8 Å². The van der Waals surface area contributed by atoms with E-state index in [-0.39, 0.29) is 5.78 Å². The van der Waals surface area contributed by atoms with Gasteiger partial charge in [-0.2, -0.15) is 0 Å². The van der Waals surface area contributed by atoms with Crippen molar-refractivity contribution in [3.63, 3.8) is 0 Å². The second-order valence-corrected chi connectivity index (χ2v) is 6.29. The average Bonchev–Trinajstić information content (AvgIpc) is 2.59. The summed E-state index contributed by atoms with van der Waals surface area (Å²) in [6.07, 6.45) is 1.82. The van der Waals surface area contributed by atoms with Gasteiger partial charge in [0.15, 0.2) is 17.3 Å². The number of rotatable bonds is 4.